The number of nitrogens with one attached hydrogen (secondary N) is 1. The largest absolute Gasteiger partial charge is 0.456 e. The normalized spacial score (nSPS) is 10.8. The van der Waals surface area contributed by atoms with Gasteiger partial charge in [0.25, 0.3) is 5.91 Å². The van der Waals surface area contributed by atoms with Gasteiger partial charge in [-0.25, -0.2) is 17.9 Å². The van der Waals surface area contributed by atoms with E-state index in [1.54, 1.807) is 30.3 Å². The van der Waals surface area contributed by atoms with Crippen LogP contribution in [0.25, 0.3) is 0 Å². The highest BCUT2D eigenvalue weighted by molar-refractivity contribution is 7.89. The van der Waals surface area contributed by atoms with Crippen LogP contribution in [-0.4, -0.2) is 31.5 Å². The van der Waals surface area contributed by atoms with Crippen LogP contribution in [-0.2, 0) is 21.4 Å². The number of esters is 1. The minimum Gasteiger partial charge on any atom is -0.456 e. The molecule has 23 heavy (non-hydrogen) atoms. The van der Waals surface area contributed by atoms with Crippen LogP contribution < -0.4 is 4.72 Å². The Morgan fingerprint density at radius 2 is 1.78 bits per heavy atom. The van der Waals surface area contributed by atoms with Crippen molar-refractivity contribution in [2.75, 3.05) is 6.26 Å². The Labute approximate surface area is 133 Å². The van der Waals surface area contributed by atoms with Gasteiger partial charge in [0.1, 0.15) is 6.61 Å². The number of sulfonamides is 1. The van der Waals surface area contributed by atoms with E-state index in [1.165, 1.54) is 18.3 Å². The van der Waals surface area contributed by atoms with Crippen LogP contribution in [0.1, 0.15) is 26.4 Å². The topological polar surface area (TPSA) is 102 Å². The molecule has 0 atom stereocenters. The van der Waals surface area contributed by atoms with E-state index in [0.717, 1.165) is 6.26 Å². The number of aromatic nitrogens is 1. The molecule has 8 heteroatoms. The molecule has 0 radical (unpaired) electrons. The third-order valence-electron chi connectivity index (χ3n) is 2.73. The van der Waals surface area contributed by atoms with Crippen LogP contribution in [0.4, 0.5) is 0 Å². The van der Waals surface area contributed by atoms with Crippen molar-refractivity contribution in [3.05, 3.63) is 65.5 Å². The maximum absolute atomic E-state index is 11.8. The number of benzene rings is 1. The Balaban J connectivity index is 1.95. The number of carbonyl (C=O) groups excluding carboxylic acids is 2. The van der Waals surface area contributed by atoms with E-state index in [0.29, 0.717) is 11.3 Å². The number of hydrogen-bond acceptors (Lipinski definition) is 6. The third kappa shape index (κ3) is 5.19. The van der Waals surface area contributed by atoms with E-state index in [-0.39, 0.29) is 12.2 Å². The molecule has 0 saturated heterocycles. The van der Waals surface area contributed by atoms with Gasteiger partial charge in [-0.15, -0.1) is 0 Å². The summed E-state index contributed by atoms with van der Waals surface area (Å²) >= 11 is 0. The van der Waals surface area contributed by atoms with Crippen LogP contribution in [0, 0.1) is 0 Å². The van der Waals surface area contributed by atoms with Crippen molar-refractivity contribution in [3.8, 4) is 0 Å². The smallest absolute Gasteiger partial charge is 0.338 e. The van der Waals surface area contributed by atoms with E-state index >= 15 is 0 Å². The van der Waals surface area contributed by atoms with Crippen molar-refractivity contribution in [1.29, 1.82) is 0 Å². The minimum atomic E-state index is -3.63. The minimum absolute atomic E-state index is 0.0539. The van der Waals surface area contributed by atoms with Crippen molar-refractivity contribution in [1.82, 2.24) is 9.71 Å². The van der Waals surface area contributed by atoms with Gasteiger partial charge in [-0.1, -0.05) is 18.2 Å². The van der Waals surface area contributed by atoms with Gasteiger partial charge >= 0.3 is 5.97 Å². The maximum Gasteiger partial charge on any atom is 0.338 e. The summed E-state index contributed by atoms with van der Waals surface area (Å²) in [5, 5.41) is 0. The first-order chi connectivity index (χ1) is 10.8. The number of nitrogens with zero attached hydrogens (tertiary/aromatic N) is 1. The molecule has 1 amide bonds. The van der Waals surface area contributed by atoms with Crippen LogP contribution in [0.5, 0.6) is 0 Å². The second-order valence-corrected chi connectivity index (χ2v) is 6.43. The molecule has 0 aliphatic heterocycles. The standard InChI is InChI=1S/C15H14N2O5S/c1-23(20,21)17-14(18)12-7-8-13(16-9-12)10-22-15(19)11-5-3-2-4-6-11/h2-9H,10H2,1H3,(H,17,18). The SMILES string of the molecule is CS(=O)(=O)NC(=O)c1ccc(COC(=O)c2ccccc2)nc1. The first-order valence-electron chi connectivity index (χ1n) is 6.54. The number of rotatable bonds is 5. The van der Waals surface area contributed by atoms with Gasteiger partial charge in [0.05, 0.1) is 23.1 Å². The van der Waals surface area contributed by atoms with Crippen molar-refractivity contribution in [3.63, 3.8) is 0 Å². The first kappa shape index (κ1) is 16.6. The number of amides is 1. The van der Waals surface area contributed by atoms with E-state index in [1.807, 2.05) is 4.72 Å². The Morgan fingerprint density at radius 3 is 2.35 bits per heavy atom. The Hall–Kier alpha value is -2.74. The number of pyridine rings is 1. The second kappa shape index (κ2) is 7.01. The maximum atomic E-state index is 11.8. The fraction of sp³-hybridized carbons (Fsp3) is 0.133. The molecule has 1 aromatic carbocycles. The predicted molar refractivity (Wildman–Crippen MR) is 82.1 cm³/mol. The lowest BCUT2D eigenvalue weighted by molar-refractivity contribution is 0.0467. The van der Waals surface area contributed by atoms with Gasteiger partial charge in [0.15, 0.2) is 0 Å². The van der Waals surface area contributed by atoms with Gasteiger partial charge in [-0.05, 0) is 24.3 Å². The summed E-state index contributed by atoms with van der Waals surface area (Å²) in [6, 6.07) is 11.4. The molecular formula is C15H14N2O5S. The third-order valence-corrected chi connectivity index (χ3v) is 3.28. The predicted octanol–water partition coefficient (Wildman–Crippen LogP) is 1.13. The van der Waals surface area contributed by atoms with Gasteiger partial charge in [0.2, 0.25) is 10.0 Å². The van der Waals surface area contributed by atoms with Crippen molar-refractivity contribution in [2.24, 2.45) is 0 Å². The number of ether oxygens (including phenoxy) is 1. The van der Waals surface area contributed by atoms with Gasteiger partial charge in [-0.3, -0.25) is 9.78 Å². The first-order valence-corrected chi connectivity index (χ1v) is 8.43. The molecule has 0 aliphatic rings. The Kier molecular flexibility index (Phi) is 5.07. The molecule has 0 unspecified atom stereocenters. The lowest BCUT2D eigenvalue weighted by atomic mass is 10.2. The Morgan fingerprint density at radius 1 is 1.09 bits per heavy atom. The number of carbonyl (C=O) groups is 2. The molecule has 0 saturated carbocycles. The fourth-order valence-electron chi connectivity index (χ4n) is 1.67. The highest BCUT2D eigenvalue weighted by Gasteiger charge is 2.12. The molecule has 2 rings (SSSR count). The molecule has 2 aromatic rings. The Bertz CT molecular complexity index is 802. The zero-order valence-electron chi connectivity index (χ0n) is 12.2. The zero-order valence-corrected chi connectivity index (χ0v) is 13.0. The summed E-state index contributed by atoms with van der Waals surface area (Å²) in [6.45, 7) is -0.0539. The number of hydrogen-bond donors (Lipinski definition) is 1. The summed E-state index contributed by atoms with van der Waals surface area (Å²) in [5.41, 5.74) is 0.954. The summed E-state index contributed by atoms with van der Waals surface area (Å²) < 4.78 is 28.9. The fourth-order valence-corrected chi connectivity index (χ4v) is 2.12. The molecular weight excluding hydrogens is 320 g/mol. The monoisotopic (exact) mass is 334 g/mol. The molecule has 1 N–H and O–H groups in total. The van der Waals surface area contributed by atoms with Gasteiger partial charge in [-0.2, -0.15) is 0 Å². The molecule has 7 nitrogen and oxygen atoms in total. The molecule has 0 spiro atoms. The zero-order chi connectivity index (χ0) is 16.9. The van der Waals surface area contributed by atoms with Crippen molar-refractivity contribution >= 4 is 21.9 Å². The molecule has 0 bridgehead atoms. The molecule has 0 fully saturated rings. The summed E-state index contributed by atoms with van der Waals surface area (Å²) in [4.78, 5) is 27.3. The summed E-state index contributed by atoms with van der Waals surface area (Å²) in [7, 11) is -3.63. The van der Waals surface area contributed by atoms with E-state index in [2.05, 4.69) is 4.98 Å². The van der Waals surface area contributed by atoms with Crippen LogP contribution in [0.3, 0.4) is 0 Å². The quantitative estimate of drug-likeness (QED) is 0.822. The highest BCUT2D eigenvalue weighted by Crippen LogP contribution is 2.06. The lowest BCUT2D eigenvalue weighted by Crippen LogP contribution is -2.29. The van der Waals surface area contributed by atoms with Crippen molar-refractivity contribution < 1.29 is 22.7 Å². The second-order valence-electron chi connectivity index (χ2n) is 4.68. The van der Waals surface area contributed by atoms with E-state index < -0.39 is 21.9 Å². The van der Waals surface area contributed by atoms with Crippen LogP contribution in [0.2, 0.25) is 0 Å². The highest BCUT2D eigenvalue weighted by atomic mass is 32.2. The lowest BCUT2D eigenvalue weighted by Gasteiger charge is -2.06. The van der Waals surface area contributed by atoms with Crippen LogP contribution in [0.15, 0.2) is 48.7 Å². The van der Waals surface area contributed by atoms with E-state index in [4.69, 9.17) is 4.74 Å². The molecule has 120 valence electrons. The molecule has 0 aliphatic carbocycles. The average molecular weight is 334 g/mol. The van der Waals surface area contributed by atoms with E-state index in [9.17, 15) is 18.0 Å². The van der Waals surface area contributed by atoms with Crippen LogP contribution >= 0.6 is 0 Å². The molecule has 1 heterocycles. The summed E-state index contributed by atoms with van der Waals surface area (Å²) in [5.74, 6) is -1.25. The average Bonchev–Trinajstić information content (AvgIpc) is 2.52. The van der Waals surface area contributed by atoms with Gasteiger partial charge < -0.3 is 4.74 Å². The van der Waals surface area contributed by atoms with Crippen molar-refractivity contribution in [2.45, 2.75) is 6.61 Å². The summed E-state index contributed by atoms with van der Waals surface area (Å²) in [6.07, 6.45) is 2.10. The van der Waals surface area contributed by atoms with Gasteiger partial charge in [0, 0.05) is 6.20 Å². The molecule has 1 aromatic heterocycles.